The SMILES string of the molecule is Cc1cc2c(NC(C)CO)ccc([N+](=O)[O-])c2cn1. The maximum Gasteiger partial charge on any atom is 0.278 e. The molecular weight excluding hydrogens is 246 g/mol. The number of anilines is 1. The van der Waals surface area contributed by atoms with Crippen LogP contribution < -0.4 is 5.32 Å². The van der Waals surface area contributed by atoms with Gasteiger partial charge in [-0.25, -0.2) is 0 Å². The summed E-state index contributed by atoms with van der Waals surface area (Å²) in [5.41, 5.74) is 1.57. The second-order valence-corrected chi connectivity index (χ2v) is 4.49. The molecule has 0 aliphatic rings. The molecular formula is C13H15N3O3. The molecule has 6 heteroatoms. The van der Waals surface area contributed by atoms with Gasteiger partial charge in [0.1, 0.15) is 0 Å². The Balaban J connectivity index is 2.63. The number of aliphatic hydroxyl groups is 1. The fraction of sp³-hybridized carbons (Fsp3) is 0.308. The summed E-state index contributed by atoms with van der Waals surface area (Å²) in [6, 6.07) is 4.78. The second kappa shape index (κ2) is 5.19. The van der Waals surface area contributed by atoms with E-state index in [2.05, 4.69) is 10.3 Å². The monoisotopic (exact) mass is 261 g/mol. The van der Waals surface area contributed by atoms with Gasteiger partial charge in [0.25, 0.3) is 5.69 Å². The summed E-state index contributed by atoms with van der Waals surface area (Å²) in [4.78, 5) is 14.7. The molecule has 0 bridgehead atoms. The van der Waals surface area contributed by atoms with Gasteiger partial charge in [-0.2, -0.15) is 0 Å². The zero-order chi connectivity index (χ0) is 14.0. The van der Waals surface area contributed by atoms with Crippen LogP contribution >= 0.6 is 0 Å². The highest BCUT2D eigenvalue weighted by molar-refractivity contribution is 5.99. The van der Waals surface area contributed by atoms with E-state index in [1.54, 1.807) is 12.1 Å². The molecule has 1 atom stereocenters. The Morgan fingerprint density at radius 2 is 2.21 bits per heavy atom. The summed E-state index contributed by atoms with van der Waals surface area (Å²) < 4.78 is 0. The molecule has 0 radical (unpaired) electrons. The number of nitro benzene ring substituents is 1. The molecule has 100 valence electrons. The van der Waals surface area contributed by atoms with E-state index in [9.17, 15) is 10.1 Å². The number of non-ortho nitro benzene ring substituents is 1. The van der Waals surface area contributed by atoms with Crippen molar-refractivity contribution in [1.29, 1.82) is 0 Å². The third-order valence-electron chi connectivity index (χ3n) is 2.89. The first-order chi connectivity index (χ1) is 9.02. The number of rotatable bonds is 4. The minimum atomic E-state index is -0.418. The van der Waals surface area contributed by atoms with Crippen LogP contribution in [0.1, 0.15) is 12.6 Å². The molecule has 0 saturated heterocycles. The fourth-order valence-corrected chi connectivity index (χ4v) is 1.92. The first kappa shape index (κ1) is 13.2. The molecule has 0 amide bonds. The van der Waals surface area contributed by atoms with Gasteiger partial charge in [-0.1, -0.05) is 0 Å². The van der Waals surface area contributed by atoms with Crippen LogP contribution in [0.25, 0.3) is 10.8 Å². The van der Waals surface area contributed by atoms with E-state index < -0.39 is 4.92 Å². The minimum Gasteiger partial charge on any atom is -0.394 e. The van der Waals surface area contributed by atoms with Crippen molar-refractivity contribution < 1.29 is 10.0 Å². The Labute approximate surface area is 110 Å². The number of aliphatic hydroxyl groups excluding tert-OH is 1. The van der Waals surface area contributed by atoms with Crippen molar-refractivity contribution in [2.24, 2.45) is 0 Å². The summed E-state index contributed by atoms with van der Waals surface area (Å²) in [5, 5.41) is 24.4. The first-order valence-corrected chi connectivity index (χ1v) is 5.94. The summed E-state index contributed by atoms with van der Waals surface area (Å²) >= 11 is 0. The molecule has 0 aliphatic carbocycles. The van der Waals surface area contributed by atoms with Gasteiger partial charge in [0, 0.05) is 35.1 Å². The maximum absolute atomic E-state index is 11.0. The second-order valence-electron chi connectivity index (χ2n) is 4.49. The zero-order valence-electron chi connectivity index (χ0n) is 10.8. The van der Waals surface area contributed by atoms with Crippen molar-refractivity contribution in [2.75, 3.05) is 11.9 Å². The van der Waals surface area contributed by atoms with E-state index in [0.29, 0.717) is 5.39 Å². The molecule has 1 heterocycles. The number of nitrogens with one attached hydrogen (secondary N) is 1. The van der Waals surface area contributed by atoms with Crippen molar-refractivity contribution in [3.05, 3.63) is 40.2 Å². The Morgan fingerprint density at radius 1 is 1.47 bits per heavy atom. The van der Waals surface area contributed by atoms with E-state index in [1.165, 1.54) is 12.3 Å². The Hall–Kier alpha value is -2.21. The van der Waals surface area contributed by atoms with Gasteiger partial charge in [0.05, 0.1) is 16.9 Å². The van der Waals surface area contributed by atoms with E-state index in [4.69, 9.17) is 5.11 Å². The number of hydrogen-bond donors (Lipinski definition) is 2. The average molecular weight is 261 g/mol. The molecule has 1 unspecified atom stereocenters. The number of aromatic nitrogens is 1. The van der Waals surface area contributed by atoms with Gasteiger partial charge in [-0.05, 0) is 26.0 Å². The number of nitro groups is 1. The van der Waals surface area contributed by atoms with Crippen molar-refractivity contribution in [1.82, 2.24) is 4.98 Å². The zero-order valence-corrected chi connectivity index (χ0v) is 10.8. The number of nitrogens with zero attached hydrogens (tertiary/aromatic N) is 2. The fourth-order valence-electron chi connectivity index (χ4n) is 1.92. The molecule has 0 aliphatic heterocycles. The highest BCUT2D eigenvalue weighted by atomic mass is 16.6. The topological polar surface area (TPSA) is 88.3 Å². The molecule has 2 rings (SSSR count). The lowest BCUT2D eigenvalue weighted by atomic mass is 10.1. The van der Waals surface area contributed by atoms with Crippen LogP contribution in [0.4, 0.5) is 11.4 Å². The predicted molar refractivity (Wildman–Crippen MR) is 73.3 cm³/mol. The van der Waals surface area contributed by atoms with Gasteiger partial charge in [-0.15, -0.1) is 0 Å². The van der Waals surface area contributed by atoms with E-state index >= 15 is 0 Å². The number of hydrogen-bond acceptors (Lipinski definition) is 5. The molecule has 1 aromatic heterocycles. The molecule has 0 fully saturated rings. The molecule has 2 N–H and O–H groups in total. The number of aryl methyl sites for hydroxylation is 1. The first-order valence-electron chi connectivity index (χ1n) is 5.94. The van der Waals surface area contributed by atoms with Crippen LogP contribution in [-0.4, -0.2) is 27.7 Å². The molecule has 6 nitrogen and oxygen atoms in total. The van der Waals surface area contributed by atoms with E-state index in [1.807, 2.05) is 13.8 Å². The third-order valence-corrected chi connectivity index (χ3v) is 2.89. The molecule has 1 aromatic carbocycles. The third kappa shape index (κ3) is 2.63. The summed E-state index contributed by atoms with van der Waals surface area (Å²) in [7, 11) is 0. The van der Waals surface area contributed by atoms with Crippen molar-refractivity contribution in [2.45, 2.75) is 19.9 Å². The lowest BCUT2D eigenvalue weighted by molar-refractivity contribution is -0.383. The number of fused-ring (bicyclic) bond motifs is 1. The van der Waals surface area contributed by atoms with Crippen LogP contribution in [0.5, 0.6) is 0 Å². The average Bonchev–Trinajstić information content (AvgIpc) is 2.38. The van der Waals surface area contributed by atoms with E-state index in [0.717, 1.165) is 16.8 Å². The minimum absolute atomic E-state index is 0.0114. The molecule has 0 spiro atoms. The van der Waals surface area contributed by atoms with Gasteiger partial charge in [0.15, 0.2) is 0 Å². The summed E-state index contributed by atoms with van der Waals surface area (Å²) in [6.45, 7) is 3.65. The van der Waals surface area contributed by atoms with Gasteiger partial charge in [-0.3, -0.25) is 15.1 Å². The predicted octanol–water partition coefficient (Wildman–Crippen LogP) is 2.24. The quantitative estimate of drug-likeness (QED) is 0.651. The van der Waals surface area contributed by atoms with E-state index in [-0.39, 0.29) is 18.3 Å². The lowest BCUT2D eigenvalue weighted by Crippen LogP contribution is -2.19. The smallest absolute Gasteiger partial charge is 0.278 e. The van der Waals surface area contributed by atoms with Gasteiger partial charge < -0.3 is 10.4 Å². The Morgan fingerprint density at radius 3 is 2.84 bits per heavy atom. The standard InChI is InChI=1S/C13H15N3O3/c1-8-5-10-11(6-14-8)13(16(18)19)4-3-12(10)15-9(2)7-17/h3-6,9,15,17H,7H2,1-2H3. The van der Waals surface area contributed by atoms with Crippen molar-refractivity contribution >= 4 is 22.1 Å². The highest BCUT2D eigenvalue weighted by Gasteiger charge is 2.15. The van der Waals surface area contributed by atoms with Crippen LogP contribution in [0.15, 0.2) is 24.4 Å². The Bertz CT molecular complexity index is 628. The molecule has 19 heavy (non-hydrogen) atoms. The molecule has 0 saturated carbocycles. The van der Waals surface area contributed by atoms with Gasteiger partial charge >= 0.3 is 0 Å². The van der Waals surface area contributed by atoms with Crippen LogP contribution in [0, 0.1) is 17.0 Å². The number of pyridine rings is 1. The summed E-state index contributed by atoms with van der Waals surface area (Å²) in [5.74, 6) is 0. The highest BCUT2D eigenvalue weighted by Crippen LogP contribution is 2.31. The summed E-state index contributed by atoms with van der Waals surface area (Å²) in [6.07, 6.45) is 1.51. The Kier molecular flexibility index (Phi) is 3.62. The normalized spacial score (nSPS) is 12.4. The number of benzene rings is 1. The lowest BCUT2D eigenvalue weighted by Gasteiger charge is -2.14. The maximum atomic E-state index is 11.0. The van der Waals surface area contributed by atoms with Crippen LogP contribution in [0.3, 0.4) is 0 Å². The van der Waals surface area contributed by atoms with Crippen LogP contribution in [-0.2, 0) is 0 Å². The molecule has 2 aromatic rings. The van der Waals surface area contributed by atoms with Crippen molar-refractivity contribution in [3.63, 3.8) is 0 Å². The largest absolute Gasteiger partial charge is 0.394 e. The van der Waals surface area contributed by atoms with Crippen LogP contribution in [0.2, 0.25) is 0 Å². The van der Waals surface area contributed by atoms with Gasteiger partial charge in [0.2, 0.25) is 0 Å². The van der Waals surface area contributed by atoms with Crippen molar-refractivity contribution in [3.8, 4) is 0 Å².